The predicted octanol–water partition coefficient (Wildman–Crippen LogP) is 6.67. The summed E-state index contributed by atoms with van der Waals surface area (Å²) in [6, 6.07) is 34.3. The maximum Gasteiger partial charge on any atom is 0.0463 e. The highest BCUT2D eigenvalue weighted by atomic mass is 14.9. The Kier molecular flexibility index (Phi) is 3.57. The zero-order chi connectivity index (χ0) is 17.3. The van der Waals surface area contributed by atoms with E-state index in [1.807, 2.05) is 0 Å². The summed E-state index contributed by atoms with van der Waals surface area (Å²) in [7, 11) is 0. The highest BCUT2D eigenvalue weighted by Gasteiger charge is 2.20. The Hall–Kier alpha value is -3.32. The Morgan fingerprint density at radius 2 is 1.15 bits per heavy atom. The normalized spacial score (nSPS) is 11.7. The number of rotatable bonds is 3. The summed E-state index contributed by atoms with van der Waals surface area (Å²) in [5, 5.41) is 3.71. The average Bonchev–Trinajstić information content (AvgIpc) is 3.09. The minimum Gasteiger partial charge on any atom is -0.355 e. The standard InChI is InChI=1S/C25H19N/c1-2-9-18(10-3-1)21-13-6-7-15-24(21)26-25-16-8-14-22-20-12-5-4-11-19(20)17-23(22)25/h1-16,26H,17H2. The van der Waals surface area contributed by atoms with Crippen LogP contribution in [0.1, 0.15) is 11.1 Å². The van der Waals surface area contributed by atoms with E-state index >= 15 is 0 Å². The fraction of sp³-hybridized carbons (Fsp3) is 0.0400. The van der Waals surface area contributed by atoms with Gasteiger partial charge < -0.3 is 5.32 Å². The Morgan fingerprint density at radius 1 is 0.500 bits per heavy atom. The second-order valence-corrected chi connectivity index (χ2v) is 6.70. The second kappa shape index (κ2) is 6.20. The number of fused-ring (bicyclic) bond motifs is 3. The number of benzene rings is 4. The van der Waals surface area contributed by atoms with Crippen molar-refractivity contribution in [1.29, 1.82) is 0 Å². The van der Waals surface area contributed by atoms with Gasteiger partial charge in [-0.05, 0) is 39.9 Å². The van der Waals surface area contributed by atoms with Crippen LogP contribution in [-0.2, 0) is 6.42 Å². The molecule has 1 aliphatic carbocycles. The minimum atomic E-state index is 0.988. The topological polar surface area (TPSA) is 12.0 Å². The number of hydrogen-bond donors (Lipinski definition) is 1. The zero-order valence-corrected chi connectivity index (χ0v) is 14.4. The molecule has 0 saturated heterocycles. The molecule has 4 aromatic carbocycles. The van der Waals surface area contributed by atoms with E-state index in [9.17, 15) is 0 Å². The Bertz CT molecular complexity index is 1080. The maximum atomic E-state index is 3.71. The second-order valence-electron chi connectivity index (χ2n) is 6.70. The third-order valence-electron chi connectivity index (χ3n) is 5.13. The van der Waals surface area contributed by atoms with E-state index in [1.54, 1.807) is 0 Å². The molecule has 1 aliphatic rings. The van der Waals surface area contributed by atoms with Crippen molar-refractivity contribution >= 4 is 11.4 Å². The quantitative estimate of drug-likeness (QED) is 0.389. The molecule has 4 aromatic rings. The molecule has 0 atom stereocenters. The molecule has 1 nitrogen and oxygen atoms in total. The van der Waals surface area contributed by atoms with Gasteiger partial charge in [-0.15, -0.1) is 0 Å². The molecule has 0 bridgehead atoms. The van der Waals surface area contributed by atoms with Crippen LogP contribution in [0.25, 0.3) is 22.3 Å². The molecule has 26 heavy (non-hydrogen) atoms. The van der Waals surface area contributed by atoms with Crippen LogP contribution in [0.4, 0.5) is 11.4 Å². The molecule has 0 unspecified atom stereocenters. The van der Waals surface area contributed by atoms with Gasteiger partial charge >= 0.3 is 0 Å². The molecular formula is C25H19N. The minimum absolute atomic E-state index is 0.988. The van der Waals surface area contributed by atoms with E-state index in [4.69, 9.17) is 0 Å². The molecule has 0 fully saturated rings. The van der Waals surface area contributed by atoms with Crippen molar-refractivity contribution in [3.63, 3.8) is 0 Å². The molecule has 0 heterocycles. The fourth-order valence-electron chi connectivity index (χ4n) is 3.88. The summed E-state index contributed by atoms with van der Waals surface area (Å²) in [5.41, 5.74) is 10.3. The van der Waals surface area contributed by atoms with Crippen molar-refractivity contribution in [2.24, 2.45) is 0 Å². The summed E-state index contributed by atoms with van der Waals surface area (Å²) in [6.45, 7) is 0. The molecule has 0 aromatic heterocycles. The lowest BCUT2D eigenvalue weighted by Gasteiger charge is -2.15. The Labute approximate surface area is 154 Å². The highest BCUT2D eigenvalue weighted by molar-refractivity contribution is 5.86. The SMILES string of the molecule is c1ccc(-c2ccccc2Nc2cccc3c2Cc2ccccc2-3)cc1. The highest BCUT2D eigenvalue weighted by Crippen LogP contribution is 2.41. The zero-order valence-electron chi connectivity index (χ0n) is 14.4. The summed E-state index contributed by atoms with van der Waals surface area (Å²) in [5.74, 6) is 0. The molecule has 0 amide bonds. The monoisotopic (exact) mass is 333 g/mol. The first-order valence-corrected chi connectivity index (χ1v) is 9.02. The molecule has 1 heteroatoms. The molecule has 0 radical (unpaired) electrons. The van der Waals surface area contributed by atoms with Crippen molar-refractivity contribution in [1.82, 2.24) is 0 Å². The van der Waals surface area contributed by atoms with Gasteiger partial charge in [0.05, 0.1) is 0 Å². The van der Waals surface area contributed by atoms with Crippen LogP contribution in [0.15, 0.2) is 97.1 Å². The fourth-order valence-corrected chi connectivity index (χ4v) is 3.88. The average molecular weight is 333 g/mol. The van der Waals surface area contributed by atoms with Gasteiger partial charge in [-0.2, -0.15) is 0 Å². The Balaban J connectivity index is 1.57. The Morgan fingerprint density at radius 3 is 2.04 bits per heavy atom. The third-order valence-corrected chi connectivity index (χ3v) is 5.13. The summed E-state index contributed by atoms with van der Waals surface area (Å²) in [4.78, 5) is 0. The number of para-hydroxylation sites is 1. The first-order valence-electron chi connectivity index (χ1n) is 9.02. The van der Waals surface area contributed by atoms with E-state index in [0.717, 1.165) is 12.1 Å². The lowest BCUT2D eigenvalue weighted by molar-refractivity contribution is 1.26. The molecule has 5 rings (SSSR count). The molecule has 124 valence electrons. The third kappa shape index (κ3) is 2.49. The van der Waals surface area contributed by atoms with Gasteiger partial charge in [-0.1, -0.05) is 84.9 Å². The van der Waals surface area contributed by atoms with Gasteiger partial charge in [0, 0.05) is 23.4 Å². The van der Waals surface area contributed by atoms with Crippen LogP contribution in [0.5, 0.6) is 0 Å². The van der Waals surface area contributed by atoms with Crippen LogP contribution in [0.2, 0.25) is 0 Å². The van der Waals surface area contributed by atoms with Crippen LogP contribution >= 0.6 is 0 Å². The number of hydrogen-bond acceptors (Lipinski definition) is 1. The summed E-state index contributed by atoms with van der Waals surface area (Å²) >= 11 is 0. The largest absolute Gasteiger partial charge is 0.355 e. The smallest absolute Gasteiger partial charge is 0.0463 e. The van der Waals surface area contributed by atoms with E-state index in [0.29, 0.717) is 0 Å². The van der Waals surface area contributed by atoms with Crippen molar-refractivity contribution in [2.45, 2.75) is 6.42 Å². The first-order chi connectivity index (χ1) is 12.9. The van der Waals surface area contributed by atoms with Crippen molar-refractivity contribution in [2.75, 3.05) is 5.32 Å². The van der Waals surface area contributed by atoms with Gasteiger partial charge in [0.15, 0.2) is 0 Å². The van der Waals surface area contributed by atoms with Crippen molar-refractivity contribution < 1.29 is 0 Å². The molecule has 0 spiro atoms. The summed E-state index contributed by atoms with van der Waals surface area (Å²) in [6.07, 6.45) is 0.988. The molecule has 0 saturated carbocycles. The van der Waals surface area contributed by atoms with Gasteiger partial charge in [-0.25, -0.2) is 0 Å². The van der Waals surface area contributed by atoms with Gasteiger partial charge in [-0.3, -0.25) is 0 Å². The maximum absolute atomic E-state index is 3.71. The van der Waals surface area contributed by atoms with E-state index in [1.165, 1.54) is 39.1 Å². The van der Waals surface area contributed by atoms with Gasteiger partial charge in [0.1, 0.15) is 0 Å². The van der Waals surface area contributed by atoms with E-state index in [2.05, 4.69) is 102 Å². The van der Waals surface area contributed by atoms with Crippen LogP contribution in [-0.4, -0.2) is 0 Å². The summed E-state index contributed by atoms with van der Waals surface area (Å²) < 4.78 is 0. The molecule has 0 aliphatic heterocycles. The first kappa shape index (κ1) is 15.0. The number of anilines is 2. The molecule has 1 N–H and O–H groups in total. The van der Waals surface area contributed by atoms with Crippen LogP contribution in [0.3, 0.4) is 0 Å². The lowest BCUT2D eigenvalue weighted by Crippen LogP contribution is -1.97. The van der Waals surface area contributed by atoms with E-state index < -0.39 is 0 Å². The molecular weight excluding hydrogens is 314 g/mol. The lowest BCUT2D eigenvalue weighted by atomic mass is 10.0. The van der Waals surface area contributed by atoms with Crippen LogP contribution in [0, 0.1) is 0 Å². The van der Waals surface area contributed by atoms with Crippen LogP contribution < -0.4 is 5.32 Å². The number of nitrogens with one attached hydrogen (secondary N) is 1. The van der Waals surface area contributed by atoms with Gasteiger partial charge in [0.2, 0.25) is 0 Å². The van der Waals surface area contributed by atoms with Crippen molar-refractivity contribution in [3.05, 3.63) is 108 Å². The van der Waals surface area contributed by atoms with Gasteiger partial charge in [0.25, 0.3) is 0 Å². The predicted molar refractivity (Wildman–Crippen MR) is 110 cm³/mol. The van der Waals surface area contributed by atoms with Crippen molar-refractivity contribution in [3.8, 4) is 22.3 Å². The van der Waals surface area contributed by atoms with E-state index in [-0.39, 0.29) is 0 Å².